The summed E-state index contributed by atoms with van der Waals surface area (Å²) >= 11 is 0. The van der Waals surface area contributed by atoms with Gasteiger partial charge in [0.25, 0.3) is 0 Å². The molecule has 4 nitrogen and oxygen atoms in total. The fraction of sp³-hybridized carbons (Fsp3) is 0.294. The summed E-state index contributed by atoms with van der Waals surface area (Å²) in [5.74, 6) is 0. The van der Waals surface area contributed by atoms with Crippen molar-refractivity contribution in [2.45, 2.75) is 12.8 Å². The fourth-order valence-electron chi connectivity index (χ4n) is 1.65. The highest BCUT2D eigenvalue weighted by Gasteiger charge is 1.89. The van der Waals surface area contributed by atoms with Crippen molar-refractivity contribution in [3.05, 3.63) is 60.7 Å². The molecule has 0 bridgehead atoms. The lowest BCUT2D eigenvalue weighted by molar-refractivity contribution is 0.755. The van der Waals surface area contributed by atoms with Crippen LogP contribution in [0, 0.1) is 0 Å². The monoisotopic (exact) mass is 286 g/mol. The van der Waals surface area contributed by atoms with Crippen LogP contribution >= 0.6 is 0 Å². The summed E-state index contributed by atoms with van der Waals surface area (Å²) in [6, 6.07) is 20.3. The molecule has 0 unspecified atom stereocenters. The molecule has 6 N–H and O–H groups in total. The largest absolute Gasteiger partial charge is 0.368 e. The number of rotatable bonds is 7. The number of para-hydroxylation sites is 2. The highest BCUT2D eigenvalue weighted by atomic mass is 15.1. The molecule has 0 saturated heterocycles. The van der Waals surface area contributed by atoms with Gasteiger partial charge in [0.05, 0.1) is 6.67 Å². The van der Waals surface area contributed by atoms with E-state index in [4.69, 9.17) is 11.5 Å². The van der Waals surface area contributed by atoms with Crippen LogP contribution in [0.15, 0.2) is 60.7 Å². The molecule has 2 aromatic rings. The summed E-state index contributed by atoms with van der Waals surface area (Å²) in [6.45, 7) is 2.28. The molecule has 0 atom stereocenters. The third-order valence-corrected chi connectivity index (χ3v) is 2.79. The quantitative estimate of drug-likeness (QED) is 0.466. The molecule has 21 heavy (non-hydrogen) atoms. The number of nitrogens with two attached hydrogens (primary N) is 2. The van der Waals surface area contributed by atoms with E-state index in [1.807, 2.05) is 60.7 Å². The molecule has 0 heterocycles. The van der Waals surface area contributed by atoms with Gasteiger partial charge in [0.1, 0.15) is 0 Å². The molecule has 114 valence electrons. The first-order valence-electron chi connectivity index (χ1n) is 7.34. The van der Waals surface area contributed by atoms with Crippen molar-refractivity contribution in [3.8, 4) is 0 Å². The number of hydrogen-bond donors (Lipinski definition) is 4. The van der Waals surface area contributed by atoms with Crippen LogP contribution in [0.4, 0.5) is 11.4 Å². The number of hydrogen-bond acceptors (Lipinski definition) is 4. The van der Waals surface area contributed by atoms with Crippen LogP contribution in [0.25, 0.3) is 0 Å². The number of nitrogens with one attached hydrogen (secondary N) is 2. The van der Waals surface area contributed by atoms with Gasteiger partial charge >= 0.3 is 0 Å². The zero-order chi connectivity index (χ0) is 15.2. The third-order valence-electron chi connectivity index (χ3n) is 2.79. The number of benzene rings is 2. The topological polar surface area (TPSA) is 76.1 Å². The molecule has 0 amide bonds. The summed E-state index contributed by atoms with van der Waals surface area (Å²) in [5.41, 5.74) is 12.6. The van der Waals surface area contributed by atoms with Crippen LogP contribution in [0.3, 0.4) is 0 Å². The third kappa shape index (κ3) is 8.68. The van der Waals surface area contributed by atoms with E-state index in [0.29, 0.717) is 0 Å². The molecular formula is C17H26N4. The van der Waals surface area contributed by atoms with Crippen molar-refractivity contribution in [1.29, 1.82) is 0 Å². The highest BCUT2D eigenvalue weighted by molar-refractivity contribution is 5.46. The minimum absolute atomic E-state index is 0.730. The van der Waals surface area contributed by atoms with Gasteiger partial charge in [0.15, 0.2) is 0 Å². The molecule has 0 aliphatic carbocycles. The lowest BCUT2D eigenvalue weighted by Crippen LogP contribution is -2.11. The van der Waals surface area contributed by atoms with Gasteiger partial charge in [-0.2, -0.15) is 0 Å². The van der Waals surface area contributed by atoms with Gasteiger partial charge in [0, 0.05) is 11.4 Å². The average Bonchev–Trinajstić information content (AvgIpc) is 2.55. The summed E-state index contributed by atoms with van der Waals surface area (Å²) in [4.78, 5) is 0. The average molecular weight is 286 g/mol. The standard InChI is InChI=1S/C13H14N2.C4H12N2/c1-3-7-12(8-4-1)14-11-15-13-9-5-2-6-10-13;5-3-1-2-4-6/h1-10,14-15H,11H2;1-6H2. The summed E-state index contributed by atoms with van der Waals surface area (Å²) in [7, 11) is 0. The normalized spacial score (nSPS) is 9.43. The van der Waals surface area contributed by atoms with Crippen molar-refractivity contribution < 1.29 is 0 Å². The first-order chi connectivity index (χ1) is 10.4. The van der Waals surface area contributed by atoms with Gasteiger partial charge in [0.2, 0.25) is 0 Å². The second-order valence-electron chi connectivity index (χ2n) is 4.55. The lowest BCUT2D eigenvalue weighted by atomic mass is 10.3. The Bertz CT molecular complexity index is 401. The van der Waals surface area contributed by atoms with Crippen LogP contribution in [0.2, 0.25) is 0 Å². The van der Waals surface area contributed by atoms with Crippen LogP contribution in [0.5, 0.6) is 0 Å². The predicted octanol–water partition coefficient (Wildman–Crippen LogP) is 2.85. The van der Waals surface area contributed by atoms with Gasteiger partial charge in [-0.05, 0) is 50.2 Å². The van der Waals surface area contributed by atoms with Crippen molar-refractivity contribution >= 4 is 11.4 Å². The first kappa shape index (κ1) is 17.0. The van der Waals surface area contributed by atoms with E-state index in [2.05, 4.69) is 10.6 Å². The maximum Gasteiger partial charge on any atom is 0.0849 e. The Hall–Kier alpha value is -2.04. The van der Waals surface area contributed by atoms with Crippen LogP contribution in [0.1, 0.15) is 12.8 Å². The smallest absolute Gasteiger partial charge is 0.0849 e. The second-order valence-corrected chi connectivity index (χ2v) is 4.55. The molecule has 0 fully saturated rings. The number of anilines is 2. The van der Waals surface area contributed by atoms with Crippen LogP contribution in [-0.4, -0.2) is 19.8 Å². The number of unbranched alkanes of at least 4 members (excludes halogenated alkanes) is 1. The van der Waals surface area contributed by atoms with Crippen LogP contribution < -0.4 is 22.1 Å². The van der Waals surface area contributed by atoms with E-state index in [1.54, 1.807) is 0 Å². The van der Waals surface area contributed by atoms with Crippen molar-refractivity contribution in [2.24, 2.45) is 11.5 Å². The first-order valence-corrected chi connectivity index (χ1v) is 7.34. The van der Waals surface area contributed by atoms with Crippen molar-refractivity contribution in [1.82, 2.24) is 0 Å². The van der Waals surface area contributed by atoms with Gasteiger partial charge in [-0.25, -0.2) is 0 Å². The Morgan fingerprint density at radius 3 is 1.33 bits per heavy atom. The Labute approximate surface area is 127 Å². The van der Waals surface area contributed by atoms with E-state index >= 15 is 0 Å². The Morgan fingerprint density at radius 1 is 0.619 bits per heavy atom. The predicted molar refractivity (Wildman–Crippen MR) is 92.3 cm³/mol. The molecule has 0 saturated carbocycles. The molecule has 0 aliphatic heterocycles. The minimum atomic E-state index is 0.730. The maximum absolute atomic E-state index is 5.16. The van der Waals surface area contributed by atoms with E-state index in [9.17, 15) is 0 Å². The van der Waals surface area contributed by atoms with Crippen molar-refractivity contribution in [3.63, 3.8) is 0 Å². The van der Waals surface area contributed by atoms with E-state index < -0.39 is 0 Å². The zero-order valence-corrected chi connectivity index (χ0v) is 12.5. The van der Waals surface area contributed by atoms with E-state index in [0.717, 1.165) is 44.0 Å². The molecule has 0 radical (unpaired) electrons. The summed E-state index contributed by atoms with van der Waals surface area (Å²) in [5, 5.41) is 6.56. The Balaban J connectivity index is 0.000000315. The Kier molecular flexibility index (Phi) is 9.53. The molecule has 0 aliphatic rings. The minimum Gasteiger partial charge on any atom is -0.368 e. The molecule has 2 aromatic carbocycles. The van der Waals surface area contributed by atoms with Gasteiger partial charge in [-0.15, -0.1) is 0 Å². The molecule has 4 heteroatoms. The fourth-order valence-corrected chi connectivity index (χ4v) is 1.65. The van der Waals surface area contributed by atoms with Gasteiger partial charge < -0.3 is 22.1 Å². The zero-order valence-electron chi connectivity index (χ0n) is 12.5. The van der Waals surface area contributed by atoms with Crippen LogP contribution in [-0.2, 0) is 0 Å². The van der Waals surface area contributed by atoms with Gasteiger partial charge in [-0.1, -0.05) is 36.4 Å². The molecular weight excluding hydrogens is 260 g/mol. The SMILES string of the molecule is NCCCCN.c1ccc(NCNc2ccccc2)cc1. The molecule has 2 rings (SSSR count). The molecule has 0 spiro atoms. The van der Waals surface area contributed by atoms with Crippen molar-refractivity contribution in [2.75, 3.05) is 30.4 Å². The maximum atomic E-state index is 5.16. The second kappa shape index (κ2) is 11.8. The van der Waals surface area contributed by atoms with Gasteiger partial charge in [-0.3, -0.25) is 0 Å². The highest BCUT2D eigenvalue weighted by Crippen LogP contribution is 2.06. The molecule has 0 aromatic heterocycles. The summed E-state index contributed by atoms with van der Waals surface area (Å²) < 4.78 is 0. The lowest BCUT2D eigenvalue weighted by Gasteiger charge is -2.08. The van der Waals surface area contributed by atoms with E-state index in [-0.39, 0.29) is 0 Å². The Morgan fingerprint density at radius 2 is 1.00 bits per heavy atom. The van der Waals surface area contributed by atoms with E-state index in [1.165, 1.54) is 0 Å². The summed E-state index contributed by atoms with van der Waals surface area (Å²) in [6.07, 6.45) is 2.13.